The Morgan fingerprint density at radius 1 is 0.968 bits per heavy atom. The first-order chi connectivity index (χ1) is 15.2. The molecule has 1 aliphatic carbocycles. The van der Waals surface area contributed by atoms with Crippen molar-refractivity contribution in [1.82, 2.24) is 0 Å². The first-order valence-electron chi connectivity index (χ1n) is 10.3. The number of methoxy groups -OCH3 is 1. The van der Waals surface area contributed by atoms with E-state index < -0.39 is 0 Å². The summed E-state index contributed by atoms with van der Waals surface area (Å²) in [6.07, 6.45) is 0. The van der Waals surface area contributed by atoms with Gasteiger partial charge in [0.15, 0.2) is 11.5 Å². The molecule has 3 aromatic rings. The van der Waals surface area contributed by atoms with Crippen LogP contribution in [0.15, 0.2) is 72.3 Å². The summed E-state index contributed by atoms with van der Waals surface area (Å²) in [6.45, 7) is 2.31. The number of carbonyl (C=O) groups excluding carboxylic acids is 1. The molecule has 156 valence electrons. The van der Waals surface area contributed by atoms with Crippen LogP contribution in [0.3, 0.4) is 0 Å². The molecule has 5 rings (SSSR count). The predicted molar refractivity (Wildman–Crippen MR) is 116 cm³/mol. The van der Waals surface area contributed by atoms with Crippen molar-refractivity contribution in [2.75, 3.05) is 20.5 Å². The van der Waals surface area contributed by atoms with Gasteiger partial charge in [-0.1, -0.05) is 48.5 Å². The maximum Gasteiger partial charge on any atom is 0.335 e. The zero-order chi connectivity index (χ0) is 21.4. The second-order valence-corrected chi connectivity index (χ2v) is 7.34. The summed E-state index contributed by atoms with van der Waals surface area (Å²) >= 11 is 0. The van der Waals surface area contributed by atoms with Crippen molar-refractivity contribution in [3.63, 3.8) is 0 Å². The van der Waals surface area contributed by atoms with Crippen molar-refractivity contribution in [3.8, 4) is 17.2 Å². The zero-order valence-corrected chi connectivity index (χ0v) is 17.4. The summed E-state index contributed by atoms with van der Waals surface area (Å²) in [5.41, 5.74) is 5.31. The largest absolute Gasteiger partial charge is 0.496 e. The molecule has 0 saturated heterocycles. The number of hydrogen-bond donors (Lipinski definition) is 0. The molecule has 0 radical (unpaired) electrons. The Bertz CT molecular complexity index is 1190. The minimum Gasteiger partial charge on any atom is -0.496 e. The fraction of sp³-hybridized carbons (Fsp3) is 0.192. The Morgan fingerprint density at radius 3 is 2.52 bits per heavy atom. The van der Waals surface area contributed by atoms with Gasteiger partial charge in [-0.2, -0.15) is 0 Å². The van der Waals surface area contributed by atoms with Gasteiger partial charge in [0.25, 0.3) is 0 Å². The lowest BCUT2D eigenvalue weighted by molar-refractivity contribution is -0.138. The van der Waals surface area contributed by atoms with E-state index in [4.69, 9.17) is 18.9 Å². The minimum absolute atomic E-state index is 0.197. The molecular formula is C26H22O5. The first kappa shape index (κ1) is 19.2. The first-order valence-corrected chi connectivity index (χ1v) is 10.3. The van der Waals surface area contributed by atoms with Crippen LogP contribution in [0.4, 0.5) is 0 Å². The third kappa shape index (κ3) is 3.13. The molecule has 0 fully saturated rings. The van der Waals surface area contributed by atoms with Crippen molar-refractivity contribution in [1.29, 1.82) is 0 Å². The zero-order valence-electron chi connectivity index (χ0n) is 17.4. The van der Waals surface area contributed by atoms with Crippen molar-refractivity contribution in [3.05, 3.63) is 94.6 Å². The van der Waals surface area contributed by atoms with Gasteiger partial charge in [0.05, 0.1) is 19.3 Å². The molecule has 31 heavy (non-hydrogen) atoms. The number of fused-ring (bicyclic) bond motifs is 2. The number of ether oxygens (including phenoxy) is 4. The highest BCUT2D eigenvalue weighted by Gasteiger charge is 2.39. The van der Waals surface area contributed by atoms with E-state index in [2.05, 4.69) is 6.07 Å². The van der Waals surface area contributed by atoms with E-state index in [-0.39, 0.29) is 18.7 Å². The lowest BCUT2D eigenvalue weighted by atomic mass is 9.87. The van der Waals surface area contributed by atoms with Gasteiger partial charge in [0.2, 0.25) is 6.79 Å². The van der Waals surface area contributed by atoms with E-state index in [1.807, 2.05) is 67.6 Å². The van der Waals surface area contributed by atoms with Crippen LogP contribution in [0, 0.1) is 0 Å². The molecule has 0 bridgehead atoms. The highest BCUT2D eigenvalue weighted by atomic mass is 16.7. The molecular weight excluding hydrogens is 392 g/mol. The predicted octanol–water partition coefficient (Wildman–Crippen LogP) is 4.93. The topological polar surface area (TPSA) is 54.0 Å². The van der Waals surface area contributed by atoms with Gasteiger partial charge in [-0.3, -0.25) is 0 Å². The Labute approximate surface area is 180 Å². The van der Waals surface area contributed by atoms with Crippen molar-refractivity contribution in [2.24, 2.45) is 0 Å². The van der Waals surface area contributed by atoms with E-state index >= 15 is 0 Å². The van der Waals surface area contributed by atoms with E-state index in [9.17, 15) is 4.79 Å². The summed E-state index contributed by atoms with van der Waals surface area (Å²) in [6, 6.07) is 21.7. The standard InChI is InChI=1S/C26H22O5/c1-3-29-26(27)25-23(16-12-13-21-22(14-16)31-15-30-21)17-8-4-5-9-18(17)24(25)19-10-6-7-11-20(19)28-2/h4-14,24H,3,15H2,1-2H3. The molecule has 2 aliphatic rings. The molecule has 1 heterocycles. The van der Waals surface area contributed by atoms with Crippen molar-refractivity contribution >= 4 is 11.5 Å². The number of rotatable bonds is 5. The van der Waals surface area contributed by atoms with Crippen LogP contribution in [-0.2, 0) is 9.53 Å². The Hall–Kier alpha value is -3.73. The van der Waals surface area contributed by atoms with Gasteiger partial charge in [-0.25, -0.2) is 4.79 Å². The van der Waals surface area contributed by atoms with Crippen LogP contribution < -0.4 is 14.2 Å². The normalized spacial score (nSPS) is 16.3. The van der Waals surface area contributed by atoms with Gasteiger partial charge < -0.3 is 18.9 Å². The van der Waals surface area contributed by atoms with E-state index in [0.717, 1.165) is 33.6 Å². The van der Waals surface area contributed by atoms with Gasteiger partial charge in [-0.15, -0.1) is 0 Å². The molecule has 1 atom stereocenters. The third-order valence-corrected chi connectivity index (χ3v) is 5.71. The molecule has 1 aliphatic heterocycles. The third-order valence-electron chi connectivity index (χ3n) is 5.71. The number of benzene rings is 3. The molecule has 0 amide bonds. The van der Waals surface area contributed by atoms with Crippen LogP contribution in [0.1, 0.15) is 35.1 Å². The second-order valence-electron chi connectivity index (χ2n) is 7.34. The Kier molecular flexibility index (Phi) is 4.86. The van der Waals surface area contributed by atoms with E-state index in [1.165, 1.54) is 0 Å². The molecule has 0 N–H and O–H groups in total. The Morgan fingerprint density at radius 2 is 1.71 bits per heavy atom. The maximum atomic E-state index is 13.3. The van der Waals surface area contributed by atoms with Crippen LogP contribution in [0.5, 0.6) is 17.2 Å². The van der Waals surface area contributed by atoms with E-state index in [1.54, 1.807) is 7.11 Å². The summed E-state index contributed by atoms with van der Waals surface area (Å²) in [4.78, 5) is 13.3. The molecule has 5 nitrogen and oxygen atoms in total. The van der Waals surface area contributed by atoms with Gasteiger partial charge >= 0.3 is 5.97 Å². The second kappa shape index (κ2) is 7.84. The molecule has 1 unspecified atom stereocenters. The molecule has 0 spiro atoms. The van der Waals surface area contributed by atoms with Crippen molar-refractivity contribution in [2.45, 2.75) is 12.8 Å². The minimum atomic E-state index is -0.331. The highest BCUT2D eigenvalue weighted by molar-refractivity contribution is 6.07. The number of carbonyl (C=O) groups is 1. The summed E-state index contributed by atoms with van der Waals surface area (Å²) in [5, 5.41) is 0. The number of esters is 1. The fourth-order valence-electron chi connectivity index (χ4n) is 4.44. The quantitative estimate of drug-likeness (QED) is 0.554. The van der Waals surface area contributed by atoms with E-state index in [0.29, 0.717) is 23.7 Å². The molecule has 5 heteroatoms. The van der Waals surface area contributed by atoms with Gasteiger partial charge in [0, 0.05) is 17.1 Å². The average Bonchev–Trinajstić information content (AvgIpc) is 3.41. The van der Waals surface area contributed by atoms with Crippen molar-refractivity contribution < 1.29 is 23.7 Å². The lowest BCUT2D eigenvalue weighted by Gasteiger charge is -2.19. The smallest absolute Gasteiger partial charge is 0.335 e. The summed E-state index contributed by atoms with van der Waals surface area (Å²) < 4.78 is 22.3. The average molecular weight is 414 g/mol. The van der Waals surface area contributed by atoms with Gasteiger partial charge in [0.1, 0.15) is 5.75 Å². The summed E-state index contributed by atoms with van der Waals surface area (Å²) in [7, 11) is 1.65. The number of hydrogen-bond acceptors (Lipinski definition) is 5. The summed E-state index contributed by atoms with van der Waals surface area (Å²) in [5.74, 6) is 1.48. The maximum absolute atomic E-state index is 13.3. The molecule has 0 aromatic heterocycles. The molecule has 0 saturated carbocycles. The lowest BCUT2D eigenvalue weighted by Crippen LogP contribution is -2.15. The van der Waals surface area contributed by atoms with Crippen LogP contribution in [0.25, 0.3) is 5.57 Å². The Balaban J connectivity index is 1.79. The SMILES string of the molecule is CCOC(=O)C1=C(c2ccc3c(c2)OCO3)c2ccccc2C1c1ccccc1OC. The highest BCUT2D eigenvalue weighted by Crippen LogP contribution is 2.51. The fourth-order valence-corrected chi connectivity index (χ4v) is 4.44. The van der Waals surface area contributed by atoms with Crippen LogP contribution in [-0.4, -0.2) is 26.5 Å². The van der Waals surface area contributed by atoms with Gasteiger partial charge in [-0.05, 0) is 41.8 Å². The van der Waals surface area contributed by atoms with Crippen LogP contribution in [0.2, 0.25) is 0 Å². The van der Waals surface area contributed by atoms with Crippen LogP contribution >= 0.6 is 0 Å². The molecule has 3 aromatic carbocycles. The monoisotopic (exact) mass is 414 g/mol. The number of para-hydroxylation sites is 1.